The van der Waals surface area contributed by atoms with Gasteiger partial charge in [-0.25, -0.2) is 0 Å². The Hall–Kier alpha value is -2.59. The molecule has 1 aliphatic rings. The number of carbonyl (C=O) groups excluding carboxylic acids is 2. The SMILES string of the molecule is Cc1cc(OCC(=O)N2CCOCC2)ccc1NC(=O)CC#N. The molecule has 122 valence electrons. The summed E-state index contributed by atoms with van der Waals surface area (Å²) < 4.78 is 10.7. The molecular formula is C16H19N3O4. The molecule has 1 N–H and O–H groups in total. The largest absolute Gasteiger partial charge is 0.484 e. The molecule has 0 saturated carbocycles. The second-order valence-corrected chi connectivity index (χ2v) is 5.14. The molecular weight excluding hydrogens is 298 g/mol. The van der Waals surface area contributed by atoms with Crippen molar-refractivity contribution in [2.75, 3.05) is 38.2 Å². The van der Waals surface area contributed by atoms with Crippen LogP contribution in [0.1, 0.15) is 12.0 Å². The molecule has 0 aliphatic carbocycles. The molecule has 2 rings (SSSR count). The molecule has 0 unspecified atom stereocenters. The zero-order valence-corrected chi connectivity index (χ0v) is 13.0. The first kappa shape index (κ1) is 16.8. The molecule has 2 amide bonds. The monoisotopic (exact) mass is 317 g/mol. The highest BCUT2D eigenvalue weighted by molar-refractivity contribution is 5.92. The molecule has 0 atom stereocenters. The summed E-state index contributed by atoms with van der Waals surface area (Å²) in [5.74, 6) is 0.131. The summed E-state index contributed by atoms with van der Waals surface area (Å²) >= 11 is 0. The van der Waals surface area contributed by atoms with E-state index in [1.165, 1.54) is 0 Å². The minimum absolute atomic E-state index is 0.0282. The van der Waals surface area contributed by atoms with E-state index >= 15 is 0 Å². The van der Waals surface area contributed by atoms with Gasteiger partial charge in [0.2, 0.25) is 5.91 Å². The smallest absolute Gasteiger partial charge is 0.260 e. The molecule has 0 aromatic heterocycles. The van der Waals surface area contributed by atoms with Crippen LogP contribution in [-0.2, 0) is 14.3 Å². The summed E-state index contributed by atoms with van der Waals surface area (Å²) in [6, 6.07) is 6.92. The Morgan fingerprint density at radius 2 is 2.13 bits per heavy atom. The number of benzene rings is 1. The highest BCUT2D eigenvalue weighted by atomic mass is 16.5. The van der Waals surface area contributed by atoms with Gasteiger partial charge in [-0.1, -0.05) is 0 Å². The normalized spacial score (nSPS) is 14.0. The van der Waals surface area contributed by atoms with Crippen molar-refractivity contribution in [3.05, 3.63) is 23.8 Å². The summed E-state index contributed by atoms with van der Waals surface area (Å²) in [5, 5.41) is 11.1. The van der Waals surface area contributed by atoms with Crippen molar-refractivity contribution in [3.63, 3.8) is 0 Å². The predicted molar refractivity (Wildman–Crippen MR) is 82.9 cm³/mol. The molecule has 1 saturated heterocycles. The maximum Gasteiger partial charge on any atom is 0.260 e. The number of carbonyl (C=O) groups is 2. The third kappa shape index (κ3) is 4.97. The second kappa shape index (κ2) is 8.15. The quantitative estimate of drug-likeness (QED) is 0.877. The summed E-state index contributed by atoms with van der Waals surface area (Å²) in [6.45, 7) is 4.08. The van der Waals surface area contributed by atoms with Gasteiger partial charge in [-0.15, -0.1) is 0 Å². The average molecular weight is 317 g/mol. The topological polar surface area (TPSA) is 91.7 Å². The average Bonchev–Trinajstić information content (AvgIpc) is 2.56. The molecule has 7 heteroatoms. The number of nitrogens with one attached hydrogen (secondary N) is 1. The van der Waals surface area contributed by atoms with E-state index in [1.807, 2.05) is 6.92 Å². The van der Waals surface area contributed by atoms with Crippen molar-refractivity contribution < 1.29 is 19.1 Å². The van der Waals surface area contributed by atoms with Crippen LogP contribution in [0.4, 0.5) is 5.69 Å². The molecule has 1 aromatic carbocycles. The Labute approximate surface area is 134 Å². The van der Waals surface area contributed by atoms with Crippen LogP contribution >= 0.6 is 0 Å². The second-order valence-electron chi connectivity index (χ2n) is 5.14. The molecule has 1 heterocycles. The molecule has 1 fully saturated rings. The van der Waals surface area contributed by atoms with Crippen molar-refractivity contribution in [1.29, 1.82) is 5.26 Å². The maximum atomic E-state index is 12.0. The Kier molecular flexibility index (Phi) is 5.94. The molecule has 0 spiro atoms. The van der Waals surface area contributed by atoms with Gasteiger partial charge in [0.25, 0.3) is 5.91 Å². The van der Waals surface area contributed by atoms with E-state index in [4.69, 9.17) is 14.7 Å². The van der Waals surface area contributed by atoms with Crippen LogP contribution in [0.25, 0.3) is 0 Å². The van der Waals surface area contributed by atoms with Crippen molar-refractivity contribution in [2.45, 2.75) is 13.3 Å². The van der Waals surface area contributed by atoms with Gasteiger partial charge < -0.3 is 19.7 Å². The standard InChI is InChI=1S/C16H19N3O4/c1-12-10-13(2-3-14(12)18-15(20)4-5-17)23-11-16(21)19-6-8-22-9-7-19/h2-3,10H,4,6-9,11H2,1H3,(H,18,20). The number of amides is 2. The number of ether oxygens (including phenoxy) is 2. The minimum Gasteiger partial charge on any atom is -0.484 e. The number of rotatable bonds is 5. The van der Waals surface area contributed by atoms with Crippen molar-refractivity contribution in [1.82, 2.24) is 4.90 Å². The van der Waals surface area contributed by atoms with Gasteiger partial charge in [0.15, 0.2) is 6.61 Å². The zero-order chi connectivity index (χ0) is 16.7. The van der Waals surface area contributed by atoms with E-state index in [-0.39, 0.29) is 24.8 Å². The molecule has 23 heavy (non-hydrogen) atoms. The number of morpholine rings is 1. The van der Waals surface area contributed by atoms with E-state index in [0.29, 0.717) is 37.7 Å². The van der Waals surface area contributed by atoms with Crippen LogP contribution in [0.3, 0.4) is 0 Å². The number of hydrogen-bond acceptors (Lipinski definition) is 5. The van der Waals surface area contributed by atoms with E-state index in [2.05, 4.69) is 5.32 Å². The lowest BCUT2D eigenvalue weighted by molar-refractivity contribution is -0.137. The Balaban J connectivity index is 1.88. The first-order valence-electron chi connectivity index (χ1n) is 7.36. The fraction of sp³-hybridized carbons (Fsp3) is 0.438. The number of hydrogen-bond donors (Lipinski definition) is 1. The van der Waals surface area contributed by atoms with Gasteiger partial charge in [-0.2, -0.15) is 5.26 Å². The lowest BCUT2D eigenvalue weighted by Gasteiger charge is -2.26. The lowest BCUT2D eigenvalue weighted by atomic mass is 10.2. The van der Waals surface area contributed by atoms with Crippen LogP contribution in [0.2, 0.25) is 0 Å². The molecule has 0 bridgehead atoms. The molecule has 1 aliphatic heterocycles. The van der Waals surface area contributed by atoms with Crippen LogP contribution in [0, 0.1) is 18.3 Å². The predicted octanol–water partition coefficient (Wildman–Crippen LogP) is 1.08. The maximum absolute atomic E-state index is 12.0. The molecule has 1 aromatic rings. The van der Waals surface area contributed by atoms with E-state index < -0.39 is 0 Å². The first-order chi connectivity index (χ1) is 11.1. The summed E-state index contributed by atoms with van der Waals surface area (Å²) in [5.41, 5.74) is 1.42. The first-order valence-corrected chi connectivity index (χ1v) is 7.36. The van der Waals surface area contributed by atoms with Gasteiger partial charge >= 0.3 is 0 Å². The molecule has 7 nitrogen and oxygen atoms in total. The fourth-order valence-electron chi connectivity index (χ4n) is 2.18. The third-order valence-corrected chi connectivity index (χ3v) is 3.44. The van der Waals surface area contributed by atoms with Crippen molar-refractivity contribution >= 4 is 17.5 Å². The van der Waals surface area contributed by atoms with Crippen LogP contribution in [0.5, 0.6) is 5.75 Å². The van der Waals surface area contributed by atoms with Gasteiger partial charge in [0.05, 0.1) is 19.3 Å². The van der Waals surface area contributed by atoms with Crippen molar-refractivity contribution in [2.24, 2.45) is 0 Å². The number of anilines is 1. The number of nitriles is 1. The van der Waals surface area contributed by atoms with Gasteiger partial charge in [-0.3, -0.25) is 9.59 Å². The minimum atomic E-state index is -0.355. The lowest BCUT2D eigenvalue weighted by Crippen LogP contribution is -2.42. The third-order valence-electron chi connectivity index (χ3n) is 3.44. The van der Waals surface area contributed by atoms with Crippen LogP contribution < -0.4 is 10.1 Å². The number of aryl methyl sites for hydroxylation is 1. The van der Waals surface area contributed by atoms with Gasteiger partial charge in [0.1, 0.15) is 12.2 Å². The van der Waals surface area contributed by atoms with E-state index in [1.54, 1.807) is 29.2 Å². The van der Waals surface area contributed by atoms with Crippen LogP contribution in [0.15, 0.2) is 18.2 Å². The summed E-state index contributed by atoms with van der Waals surface area (Å²) in [7, 11) is 0. The Morgan fingerprint density at radius 1 is 1.39 bits per heavy atom. The summed E-state index contributed by atoms with van der Waals surface area (Å²) in [4.78, 5) is 25.1. The molecule has 0 radical (unpaired) electrons. The Bertz CT molecular complexity index is 618. The highest BCUT2D eigenvalue weighted by Crippen LogP contribution is 2.21. The zero-order valence-electron chi connectivity index (χ0n) is 13.0. The Morgan fingerprint density at radius 3 is 2.78 bits per heavy atom. The van der Waals surface area contributed by atoms with E-state index in [0.717, 1.165) is 5.56 Å². The highest BCUT2D eigenvalue weighted by Gasteiger charge is 2.17. The van der Waals surface area contributed by atoms with Crippen LogP contribution in [-0.4, -0.2) is 49.6 Å². The number of nitrogens with zero attached hydrogens (tertiary/aromatic N) is 2. The fourth-order valence-corrected chi connectivity index (χ4v) is 2.18. The van der Waals surface area contributed by atoms with Gasteiger partial charge in [-0.05, 0) is 30.7 Å². The van der Waals surface area contributed by atoms with E-state index in [9.17, 15) is 9.59 Å². The summed E-state index contributed by atoms with van der Waals surface area (Å²) in [6.07, 6.45) is -0.189. The van der Waals surface area contributed by atoms with Gasteiger partial charge in [0, 0.05) is 18.8 Å². The van der Waals surface area contributed by atoms with Crippen molar-refractivity contribution in [3.8, 4) is 11.8 Å².